The summed E-state index contributed by atoms with van der Waals surface area (Å²) in [4.78, 5) is 10.2. The maximum atomic E-state index is 10.2. The van der Waals surface area contributed by atoms with Crippen molar-refractivity contribution in [1.29, 1.82) is 0 Å². The average Bonchev–Trinajstić information content (AvgIpc) is 1.68. The summed E-state index contributed by atoms with van der Waals surface area (Å²) in [6.45, 7) is 4.07. The molecule has 0 N–H and O–H groups in total. The van der Waals surface area contributed by atoms with E-state index in [4.69, 9.17) is 0 Å². The van der Waals surface area contributed by atoms with E-state index in [2.05, 4.69) is 4.74 Å². The molecule has 0 bridgehead atoms. The van der Waals surface area contributed by atoms with E-state index in [1.807, 2.05) is 0 Å². The highest BCUT2D eigenvalue weighted by Crippen LogP contribution is 1.80. The van der Waals surface area contributed by atoms with Crippen molar-refractivity contribution in [2.24, 2.45) is 0 Å². The first kappa shape index (κ1) is 31.4. The summed E-state index contributed by atoms with van der Waals surface area (Å²) in [5.74, 6) is -0.123. The summed E-state index contributed by atoms with van der Waals surface area (Å²) in [7, 11) is 0. The molecule has 11 heavy (non-hydrogen) atoms. The number of rotatable bonds is 2. The monoisotopic (exact) mass is 166 g/mol. The fraction of sp³-hybridized carbons (Fsp3) is 0.889. The van der Waals surface area contributed by atoms with Crippen molar-refractivity contribution in [2.75, 3.05) is 6.61 Å². The van der Waals surface area contributed by atoms with Gasteiger partial charge in [-0.3, -0.25) is 4.79 Å². The SMILES string of the molecule is C.C.C.C.CCOC(=O)CC. The molecule has 0 aromatic rings. The molecule has 0 radical (unpaired) electrons. The maximum Gasteiger partial charge on any atom is 0.305 e. The quantitative estimate of drug-likeness (QED) is 0.587. The van der Waals surface area contributed by atoms with Crippen LogP contribution in [0.3, 0.4) is 0 Å². The predicted molar refractivity (Wildman–Crippen MR) is 53.8 cm³/mol. The highest BCUT2D eigenvalue weighted by atomic mass is 16.5. The van der Waals surface area contributed by atoms with E-state index >= 15 is 0 Å². The highest BCUT2D eigenvalue weighted by Gasteiger charge is 1.91. The Labute approximate surface area is 73.0 Å². The smallest absolute Gasteiger partial charge is 0.305 e. The van der Waals surface area contributed by atoms with Crippen LogP contribution in [0.15, 0.2) is 0 Å². The zero-order chi connectivity index (χ0) is 5.70. The van der Waals surface area contributed by atoms with Gasteiger partial charge in [-0.15, -0.1) is 0 Å². The molecule has 0 spiro atoms. The second-order valence-corrected chi connectivity index (χ2v) is 1.16. The van der Waals surface area contributed by atoms with Gasteiger partial charge in [-0.2, -0.15) is 0 Å². The lowest BCUT2D eigenvalue weighted by Crippen LogP contribution is -2.00. The van der Waals surface area contributed by atoms with Gasteiger partial charge in [0.25, 0.3) is 0 Å². The van der Waals surface area contributed by atoms with Crippen molar-refractivity contribution in [2.45, 2.75) is 50.0 Å². The first-order chi connectivity index (χ1) is 3.31. The Hall–Kier alpha value is -0.530. The summed E-state index contributed by atoms with van der Waals surface area (Å²) in [5, 5.41) is 0. The fourth-order valence-corrected chi connectivity index (χ4v) is 0.263. The lowest BCUT2D eigenvalue weighted by Gasteiger charge is -1.93. The molecule has 0 aromatic heterocycles. The molecule has 0 aliphatic heterocycles. The number of esters is 1. The molecule has 0 rings (SSSR count). The van der Waals surface area contributed by atoms with Crippen LogP contribution in [0.1, 0.15) is 50.0 Å². The molecule has 0 atom stereocenters. The third-order valence-electron chi connectivity index (χ3n) is 0.594. The lowest BCUT2D eigenvalue weighted by molar-refractivity contribution is -0.142. The Morgan fingerprint density at radius 1 is 1.09 bits per heavy atom. The Morgan fingerprint density at radius 2 is 1.45 bits per heavy atom. The summed E-state index contributed by atoms with van der Waals surface area (Å²) in [5.41, 5.74) is 0. The second-order valence-electron chi connectivity index (χ2n) is 1.16. The minimum atomic E-state index is -0.123. The van der Waals surface area contributed by atoms with Crippen molar-refractivity contribution in [1.82, 2.24) is 0 Å². The predicted octanol–water partition coefficient (Wildman–Crippen LogP) is 3.50. The molecular formula is C9H26O2. The van der Waals surface area contributed by atoms with Gasteiger partial charge in [-0.05, 0) is 6.92 Å². The molecule has 2 heteroatoms. The molecule has 0 unspecified atom stereocenters. The Bertz CT molecular complexity index is 60.6. The molecule has 74 valence electrons. The molecule has 0 aliphatic rings. The molecule has 0 aromatic carbocycles. The first-order valence-electron chi connectivity index (χ1n) is 2.46. The Balaban J connectivity index is -0.0000000300. The molecule has 0 saturated heterocycles. The number of hydrogen-bond donors (Lipinski definition) is 0. The molecule has 0 aliphatic carbocycles. The number of carbonyl (C=O) groups excluding carboxylic acids is 1. The number of ether oxygens (including phenoxy) is 1. The van der Waals surface area contributed by atoms with E-state index in [1.165, 1.54) is 0 Å². The van der Waals surface area contributed by atoms with Crippen molar-refractivity contribution < 1.29 is 9.53 Å². The summed E-state index contributed by atoms with van der Waals surface area (Å²) < 4.78 is 4.55. The fourth-order valence-electron chi connectivity index (χ4n) is 0.263. The first-order valence-corrected chi connectivity index (χ1v) is 2.46. The van der Waals surface area contributed by atoms with E-state index in [0.29, 0.717) is 13.0 Å². The van der Waals surface area contributed by atoms with E-state index < -0.39 is 0 Å². The van der Waals surface area contributed by atoms with Crippen LogP contribution in [-0.2, 0) is 9.53 Å². The van der Waals surface area contributed by atoms with Crippen molar-refractivity contribution in [3.8, 4) is 0 Å². The number of carbonyl (C=O) groups is 1. The van der Waals surface area contributed by atoms with Crippen LogP contribution in [0.25, 0.3) is 0 Å². The molecule has 0 heterocycles. The van der Waals surface area contributed by atoms with E-state index in [9.17, 15) is 4.79 Å². The van der Waals surface area contributed by atoms with Crippen LogP contribution in [0, 0.1) is 0 Å². The van der Waals surface area contributed by atoms with Crippen LogP contribution in [0.2, 0.25) is 0 Å². The van der Waals surface area contributed by atoms with E-state index in [-0.39, 0.29) is 35.7 Å². The third kappa shape index (κ3) is 26.4. The third-order valence-corrected chi connectivity index (χ3v) is 0.594. The van der Waals surface area contributed by atoms with Crippen molar-refractivity contribution >= 4 is 5.97 Å². The second kappa shape index (κ2) is 22.7. The average molecular weight is 166 g/mol. The Kier molecular flexibility index (Phi) is 64.8. The van der Waals surface area contributed by atoms with Gasteiger partial charge in [0.05, 0.1) is 6.61 Å². The van der Waals surface area contributed by atoms with Crippen molar-refractivity contribution in [3.05, 3.63) is 0 Å². The summed E-state index contributed by atoms with van der Waals surface area (Å²) in [6.07, 6.45) is 0.480. The van der Waals surface area contributed by atoms with Crippen LogP contribution in [0.4, 0.5) is 0 Å². The topological polar surface area (TPSA) is 26.3 Å². The number of hydrogen-bond acceptors (Lipinski definition) is 2. The van der Waals surface area contributed by atoms with E-state index in [0.717, 1.165) is 0 Å². The van der Waals surface area contributed by atoms with Crippen molar-refractivity contribution in [3.63, 3.8) is 0 Å². The molecule has 0 amide bonds. The zero-order valence-electron chi connectivity index (χ0n) is 4.73. The standard InChI is InChI=1S/C5H10O2.4CH4/c1-3-5(6)7-4-2;;;;/h3-4H2,1-2H3;4*1H4. The van der Waals surface area contributed by atoms with Gasteiger partial charge in [-0.25, -0.2) is 0 Å². The van der Waals surface area contributed by atoms with Gasteiger partial charge in [-0.1, -0.05) is 36.6 Å². The van der Waals surface area contributed by atoms with E-state index in [1.54, 1.807) is 13.8 Å². The molecule has 2 nitrogen and oxygen atoms in total. The van der Waals surface area contributed by atoms with Gasteiger partial charge in [0.2, 0.25) is 0 Å². The summed E-state index contributed by atoms with van der Waals surface area (Å²) >= 11 is 0. The van der Waals surface area contributed by atoms with Gasteiger partial charge in [0, 0.05) is 6.42 Å². The zero-order valence-corrected chi connectivity index (χ0v) is 4.73. The summed E-state index contributed by atoms with van der Waals surface area (Å²) in [6, 6.07) is 0. The minimum Gasteiger partial charge on any atom is -0.466 e. The van der Waals surface area contributed by atoms with Crippen LogP contribution in [0.5, 0.6) is 0 Å². The van der Waals surface area contributed by atoms with Crippen LogP contribution < -0.4 is 0 Å². The highest BCUT2D eigenvalue weighted by molar-refractivity contribution is 5.68. The van der Waals surface area contributed by atoms with Crippen LogP contribution in [-0.4, -0.2) is 12.6 Å². The molecular weight excluding hydrogens is 140 g/mol. The van der Waals surface area contributed by atoms with Gasteiger partial charge >= 0.3 is 5.97 Å². The minimum absolute atomic E-state index is 0. The Morgan fingerprint density at radius 3 is 1.55 bits per heavy atom. The molecule has 0 saturated carbocycles. The molecule has 0 fully saturated rings. The van der Waals surface area contributed by atoms with Crippen LogP contribution >= 0.6 is 0 Å². The largest absolute Gasteiger partial charge is 0.466 e. The normalized spacial score (nSPS) is 5.27. The lowest BCUT2D eigenvalue weighted by atomic mass is 10.5. The van der Waals surface area contributed by atoms with Gasteiger partial charge < -0.3 is 4.74 Å². The van der Waals surface area contributed by atoms with Gasteiger partial charge in [0.15, 0.2) is 0 Å². The van der Waals surface area contributed by atoms with Gasteiger partial charge in [0.1, 0.15) is 0 Å². The maximum absolute atomic E-state index is 10.2.